The molecule has 0 bridgehead atoms. The molecule has 1 N–H and O–H groups in total. The minimum atomic E-state index is -0.488. The third-order valence-electron chi connectivity index (χ3n) is 3.07. The molecule has 0 aliphatic carbocycles. The number of carbonyl (C=O) groups excluding carboxylic acids is 1. The van der Waals surface area contributed by atoms with E-state index in [-0.39, 0.29) is 11.3 Å². The van der Waals surface area contributed by atoms with Gasteiger partial charge in [-0.05, 0) is 12.1 Å². The predicted octanol–water partition coefficient (Wildman–Crippen LogP) is 3.54. The van der Waals surface area contributed by atoms with E-state index in [1.165, 1.54) is 24.5 Å². The van der Waals surface area contributed by atoms with Crippen LogP contribution in [0, 0.1) is 5.82 Å². The monoisotopic (exact) mass is 293 g/mol. The average molecular weight is 293 g/mol. The van der Waals surface area contributed by atoms with Gasteiger partial charge < -0.3 is 5.32 Å². The number of hydrogen-bond acceptors (Lipinski definition) is 3. The Balaban J connectivity index is 1.78. The van der Waals surface area contributed by atoms with E-state index in [4.69, 9.17) is 0 Å². The zero-order valence-electron chi connectivity index (χ0n) is 11.5. The number of aromatic nitrogens is 2. The van der Waals surface area contributed by atoms with Gasteiger partial charge in [0.15, 0.2) is 5.82 Å². The van der Waals surface area contributed by atoms with Crippen molar-refractivity contribution in [1.29, 1.82) is 0 Å². The number of anilines is 1. The van der Waals surface area contributed by atoms with Gasteiger partial charge >= 0.3 is 0 Å². The van der Waals surface area contributed by atoms with Crippen LogP contribution in [0.1, 0.15) is 10.4 Å². The van der Waals surface area contributed by atoms with Crippen LogP contribution in [0.5, 0.6) is 0 Å². The first-order valence-electron chi connectivity index (χ1n) is 6.67. The Morgan fingerprint density at radius 2 is 1.55 bits per heavy atom. The largest absolute Gasteiger partial charge is 0.319 e. The van der Waals surface area contributed by atoms with Crippen molar-refractivity contribution in [1.82, 2.24) is 9.97 Å². The summed E-state index contributed by atoms with van der Waals surface area (Å²) in [5, 5.41) is 2.49. The molecular weight excluding hydrogens is 281 g/mol. The van der Waals surface area contributed by atoms with Crippen molar-refractivity contribution < 1.29 is 9.18 Å². The van der Waals surface area contributed by atoms with Gasteiger partial charge in [0.05, 0.1) is 11.3 Å². The molecule has 0 unspecified atom stereocenters. The molecule has 0 radical (unpaired) electrons. The maximum absolute atomic E-state index is 13.5. The van der Waals surface area contributed by atoms with Gasteiger partial charge in [0, 0.05) is 18.0 Å². The number of rotatable bonds is 3. The van der Waals surface area contributed by atoms with Crippen LogP contribution >= 0.6 is 0 Å². The van der Waals surface area contributed by atoms with Gasteiger partial charge in [0.25, 0.3) is 5.91 Å². The third-order valence-corrected chi connectivity index (χ3v) is 3.07. The van der Waals surface area contributed by atoms with Crippen molar-refractivity contribution in [2.45, 2.75) is 0 Å². The maximum atomic E-state index is 13.5. The Morgan fingerprint density at radius 3 is 2.23 bits per heavy atom. The van der Waals surface area contributed by atoms with Crippen LogP contribution in [0.2, 0.25) is 0 Å². The van der Waals surface area contributed by atoms with Gasteiger partial charge in [-0.15, -0.1) is 0 Å². The minimum Gasteiger partial charge on any atom is -0.319 e. The van der Waals surface area contributed by atoms with Crippen molar-refractivity contribution in [2.24, 2.45) is 0 Å². The Kier molecular flexibility index (Phi) is 3.87. The topological polar surface area (TPSA) is 54.9 Å². The van der Waals surface area contributed by atoms with E-state index in [1.54, 1.807) is 12.1 Å². The summed E-state index contributed by atoms with van der Waals surface area (Å²) in [5.74, 6) is -0.412. The van der Waals surface area contributed by atoms with Crippen molar-refractivity contribution in [2.75, 3.05) is 5.32 Å². The second-order valence-electron chi connectivity index (χ2n) is 4.60. The molecule has 0 fully saturated rings. The fourth-order valence-electron chi connectivity index (χ4n) is 1.94. The molecule has 0 saturated carbocycles. The summed E-state index contributed by atoms with van der Waals surface area (Å²) in [4.78, 5) is 20.4. The molecule has 3 aromatic rings. The first kappa shape index (κ1) is 13.9. The summed E-state index contributed by atoms with van der Waals surface area (Å²) in [7, 11) is 0. The molecule has 5 heteroatoms. The first-order valence-corrected chi connectivity index (χ1v) is 6.67. The Morgan fingerprint density at radius 1 is 0.909 bits per heavy atom. The molecule has 108 valence electrons. The summed E-state index contributed by atoms with van der Waals surface area (Å²) in [6.07, 6.45) is 2.84. The summed E-state index contributed by atoms with van der Waals surface area (Å²) in [6, 6.07) is 15.4. The van der Waals surface area contributed by atoms with Crippen molar-refractivity contribution in [3.05, 3.63) is 78.4 Å². The summed E-state index contributed by atoms with van der Waals surface area (Å²) < 4.78 is 13.5. The third kappa shape index (κ3) is 2.98. The quantitative estimate of drug-likeness (QED) is 0.803. The van der Waals surface area contributed by atoms with Gasteiger partial charge in [-0.1, -0.05) is 42.5 Å². The number of nitrogens with zero attached hydrogens (tertiary/aromatic N) is 2. The van der Waals surface area contributed by atoms with Crippen LogP contribution in [-0.2, 0) is 0 Å². The number of amides is 1. The van der Waals surface area contributed by atoms with E-state index >= 15 is 0 Å². The highest BCUT2D eigenvalue weighted by atomic mass is 19.1. The van der Waals surface area contributed by atoms with E-state index in [0.29, 0.717) is 5.82 Å². The van der Waals surface area contributed by atoms with Crippen molar-refractivity contribution in [3.8, 4) is 11.4 Å². The molecule has 1 amide bonds. The molecule has 0 aliphatic rings. The standard InChI is InChI=1S/C17H12FN3O/c18-14-8-4-5-9-15(14)21-17(22)13-10-19-16(20-11-13)12-6-2-1-3-7-12/h1-11H,(H,21,22). The molecule has 0 spiro atoms. The number of halogens is 1. The van der Waals surface area contributed by atoms with Gasteiger partial charge in [0.2, 0.25) is 0 Å². The zero-order chi connectivity index (χ0) is 15.4. The van der Waals surface area contributed by atoms with Crippen molar-refractivity contribution in [3.63, 3.8) is 0 Å². The molecule has 0 atom stereocenters. The molecular formula is C17H12FN3O. The van der Waals surface area contributed by atoms with Crippen LogP contribution in [0.3, 0.4) is 0 Å². The smallest absolute Gasteiger partial charge is 0.258 e. The summed E-state index contributed by atoms with van der Waals surface area (Å²) >= 11 is 0. The molecule has 0 aliphatic heterocycles. The van der Waals surface area contributed by atoms with Crippen molar-refractivity contribution >= 4 is 11.6 Å². The normalized spacial score (nSPS) is 10.2. The van der Waals surface area contributed by atoms with E-state index in [9.17, 15) is 9.18 Å². The van der Waals surface area contributed by atoms with E-state index in [0.717, 1.165) is 5.56 Å². The molecule has 1 heterocycles. The highest BCUT2D eigenvalue weighted by Gasteiger charge is 2.10. The lowest BCUT2D eigenvalue weighted by Gasteiger charge is -2.06. The van der Waals surface area contributed by atoms with Crippen LogP contribution < -0.4 is 5.32 Å². The van der Waals surface area contributed by atoms with Gasteiger partial charge in [0.1, 0.15) is 5.82 Å². The molecule has 2 aromatic carbocycles. The Bertz CT molecular complexity index is 789. The zero-order valence-corrected chi connectivity index (χ0v) is 11.5. The molecule has 4 nitrogen and oxygen atoms in total. The lowest BCUT2D eigenvalue weighted by atomic mass is 10.2. The van der Waals surface area contributed by atoms with E-state index in [1.807, 2.05) is 30.3 Å². The fourth-order valence-corrected chi connectivity index (χ4v) is 1.94. The minimum absolute atomic E-state index is 0.125. The average Bonchev–Trinajstić information content (AvgIpc) is 2.58. The number of para-hydroxylation sites is 1. The Hall–Kier alpha value is -3.08. The lowest BCUT2D eigenvalue weighted by molar-refractivity contribution is 0.102. The lowest BCUT2D eigenvalue weighted by Crippen LogP contribution is -2.13. The molecule has 3 rings (SSSR count). The van der Waals surface area contributed by atoms with E-state index < -0.39 is 11.7 Å². The second kappa shape index (κ2) is 6.13. The van der Waals surface area contributed by atoms with Crippen LogP contribution in [-0.4, -0.2) is 15.9 Å². The first-order chi connectivity index (χ1) is 10.7. The number of nitrogens with one attached hydrogen (secondary N) is 1. The number of benzene rings is 2. The molecule has 22 heavy (non-hydrogen) atoms. The van der Waals surface area contributed by atoms with Gasteiger partial charge in [-0.25, -0.2) is 14.4 Å². The van der Waals surface area contributed by atoms with E-state index in [2.05, 4.69) is 15.3 Å². The maximum Gasteiger partial charge on any atom is 0.258 e. The van der Waals surface area contributed by atoms with Crippen LogP contribution in [0.25, 0.3) is 11.4 Å². The highest BCUT2D eigenvalue weighted by Crippen LogP contribution is 2.15. The predicted molar refractivity (Wildman–Crippen MR) is 81.8 cm³/mol. The SMILES string of the molecule is O=C(Nc1ccccc1F)c1cnc(-c2ccccc2)nc1. The second-order valence-corrected chi connectivity index (χ2v) is 4.60. The van der Waals surface area contributed by atoms with Gasteiger partial charge in [-0.2, -0.15) is 0 Å². The Labute approximate surface area is 126 Å². The van der Waals surface area contributed by atoms with Crippen LogP contribution in [0.4, 0.5) is 10.1 Å². The molecule has 0 saturated heterocycles. The fraction of sp³-hybridized carbons (Fsp3) is 0. The number of hydrogen-bond donors (Lipinski definition) is 1. The summed E-state index contributed by atoms with van der Waals surface area (Å²) in [6.45, 7) is 0. The van der Waals surface area contributed by atoms with Crippen LogP contribution in [0.15, 0.2) is 67.0 Å². The number of carbonyl (C=O) groups is 1. The molecule has 1 aromatic heterocycles. The highest BCUT2D eigenvalue weighted by molar-refractivity contribution is 6.03. The van der Waals surface area contributed by atoms with Gasteiger partial charge in [-0.3, -0.25) is 4.79 Å². The summed E-state index contributed by atoms with van der Waals surface area (Å²) in [5.41, 5.74) is 1.26.